The summed E-state index contributed by atoms with van der Waals surface area (Å²) < 4.78 is 0. The highest BCUT2D eigenvalue weighted by Gasteiger charge is 2.20. The molecule has 0 saturated carbocycles. The van der Waals surface area contributed by atoms with Gasteiger partial charge >= 0.3 is 12.0 Å². The van der Waals surface area contributed by atoms with Gasteiger partial charge in [-0.05, 0) is 13.3 Å². The fourth-order valence-electron chi connectivity index (χ4n) is 1.45. The highest BCUT2D eigenvalue weighted by atomic mass is 16.4. The number of nitrogens with zero attached hydrogens (tertiary/aromatic N) is 3. The number of rotatable bonds is 6. The maximum atomic E-state index is 11.9. The van der Waals surface area contributed by atoms with Crippen molar-refractivity contribution in [2.45, 2.75) is 20.3 Å². The first-order chi connectivity index (χ1) is 7.92. The first-order valence-electron chi connectivity index (χ1n) is 5.53. The van der Waals surface area contributed by atoms with Crippen LogP contribution in [0, 0.1) is 17.2 Å². The summed E-state index contributed by atoms with van der Waals surface area (Å²) in [7, 11) is 1.57. The van der Waals surface area contributed by atoms with Gasteiger partial charge in [0.05, 0.1) is 12.0 Å². The van der Waals surface area contributed by atoms with E-state index in [1.54, 1.807) is 14.0 Å². The largest absolute Gasteiger partial charge is 0.480 e. The van der Waals surface area contributed by atoms with Crippen LogP contribution in [0.15, 0.2) is 0 Å². The molecule has 0 radical (unpaired) electrons. The molecule has 17 heavy (non-hydrogen) atoms. The van der Waals surface area contributed by atoms with Crippen LogP contribution in [-0.2, 0) is 4.79 Å². The van der Waals surface area contributed by atoms with Gasteiger partial charge in [0.1, 0.15) is 6.54 Å². The van der Waals surface area contributed by atoms with Crippen molar-refractivity contribution in [3.05, 3.63) is 0 Å². The van der Waals surface area contributed by atoms with E-state index in [0.29, 0.717) is 19.5 Å². The molecule has 96 valence electrons. The molecule has 1 atom stereocenters. The SMILES string of the molecule is CCCN(CC(=O)O)C(=O)N(C)CC(C)C#N. The zero-order valence-corrected chi connectivity index (χ0v) is 10.5. The number of aliphatic carboxylic acids is 1. The molecule has 1 unspecified atom stereocenters. The Morgan fingerprint density at radius 2 is 2.06 bits per heavy atom. The van der Waals surface area contributed by atoms with Crippen LogP contribution in [-0.4, -0.2) is 53.6 Å². The molecule has 0 saturated heterocycles. The number of carbonyl (C=O) groups is 2. The van der Waals surface area contributed by atoms with Gasteiger partial charge in [-0.2, -0.15) is 5.26 Å². The molecule has 0 fully saturated rings. The summed E-state index contributed by atoms with van der Waals surface area (Å²) in [6, 6.07) is 1.68. The Bertz CT molecular complexity index is 312. The van der Waals surface area contributed by atoms with E-state index in [4.69, 9.17) is 10.4 Å². The van der Waals surface area contributed by atoms with Gasteiger partial charge in [-0.3, -0.25) is 4.79 Å². The second-order valence-electron chi connectivity index (χ2n) is 4.01. The molecule has 0 aromatic heterocycles. The van der Waals surface area contributed by atoms with E-state index in [1.807, 2.05) is 13.0 Å². The molecule has 0 spiro atoms. The lowest BCUT2D eigenvalue weighted by Crippen LogP contribution is -2.45. The monoisotopic (exact) mass is 241 g/mol. The van der Waals surface area contributed by atoms with Gasteiger partial charge in [-0.25, -0.2) is 4.79 Å². The summed E-state index contributed by atoms with van der Waals surface area (Å²) in [5.41, 5.74) is 0. The molecule has 6 nitrogen and oxygen atoms in total. The van der Waals surface area contributed by atoms with E-state index in [1.165, 1.54) is 9.80 Å². The van der Waals surface area contributed by atoms with Crippen molar-refractivity contribution in [2.75, 3.05) is 26.7 Å². The topological polar surface area (TPSA) is 84.6 Å². The first-order valence-corrected chi connectivity index (χ1v) is 5.53. The zero-order valence-electron chi connectivity index (χ0n) is 10.5. The Morgan fingerprint density at radius 3 is 2.47 bits per heavy atom. The minimum Gasteiger partial charge on any atom is -0.480 e. The molecule has 0 heterocycles. The summed E-state index contributed by atoms with van der Waals surface area (Å²) in [5.74, 6) is -1.30. The second kappa shape index (κ2) is 7.49. The van der Waals surface area contributed by atoms with Crippen molar-refractivity contribution < 1.29 is 14.7 Å². The van der Waals surface area contributed by atoms with Crippen LogP contribution in [0.4, 0.5) is 4.79 Å². The molecule has 0 aliphatic rings. The predicted octanol–water partition coefficient (Wildman–Crippen LogP) is 0.994. The van der Waals surface area contributed by atoms with Crippen LogP contribution in [0.1, 0.15) is 20.3 Å². The van der Waals surface area contributed by atoms with Crippen molar-refractivity contribution in [1.29, 1.82) is 5.26 Å². The van der Waals surface area contributed by atoms with Crippen molar-refractivity contribution in [3.8, 4) is 6.07 Å². The number of carboxylic acid groups (broad SMARTS) is 1. The third kappa shape index (κ3) is 5.76. The van der Waals surface area contributed by atoms with Crippen molar-refractivity contribution >= 4 is 12.0 Å². The second-order valence-corrected chi connectivity index (χ2v) is 4.01. The number of hydrogen-bond donors (Lipinski definition) is 1. The zero-order chi connectivity index (χ0) is 13.4. The summed E-state index contributed by atoms with van der Waals surface area (Å²) in [4.78, 5) is 25.2. The molecule has 0 aromatic rings. The highest BCUT2D eigenvalue weighted by molar-refractivity contribution is 5.80. The number of hydrogen-bond acceptors (Lipinski definition) is 3. The minimum atomic E-state index is -1.03. The Kier molecular flexibility index (Phi) is 6.71. The number of urea groups is 1. The van der Waals surface area contributed by atoms with Crippen LogP contribution < -0.4 is 0 Å². The maximum Gasteiger partial charge on any atom is 0.323 e. The van der Waals surface area contributed by atoms with Gasteiger partial charge in [0.15, 0.2) is 0 Å². The minimum absolute atomic E-state index is 0.266. The van der Waals surface area contributed by atoms with E-state index in [0.717, 1.165) is 0 Å². The normalized spacial score (nSPS) is 11.4. The van der Waals surface area contributed by atoms with Gasteiger partial charge < -0.3 is 14.9 Å². The number of amides is 2. The number of carbonyl (C=O) groups excluding carboxylic acids is 1. The summed E-state index contributed by atoms with van der Waals surface area (Å²) in [5, 5.41) is 17.4. The quantitative estimate of drug-likeness (QED) is 0.751. The fraction of sp³-hybridized carbons (Fsp3) is 0.727. The summed E-state index contributed by atoms with van der Waals surface area (Å²) in [6.07, 6.45) is 0.695. The van der Waals surface area contributed by atoms with Crippen LogP contribution in [0.5, 0.6) is 0 Å². The fourth-order valence-corrected chi connectivity index (χ4v) is 1.45. The average Bonchev–Trinajstić information content (AvgIpc) is 2.26. The van der Waals surface area contributed by atoms with Crippen LogP contribution in [0.25, 0.3) is 0 Å². The van der Waals surface area contributed by atoms with E-state index < -0.39 is 5.97 Å². The Labute approximate surface area is 101 Å². The molecule has 0 rings (SSSR count). The molecule has 0 aromatic carbocycles. The lowest BCUT2D eigenvalue weighted by Gasteiger charge is -2.27. The van der Waals surface area contributed by atoms with Crippen molar-refractivity contribution in [1.82, 2.24) is 9.80 Å². The van der Waals surface area contributed by atoms with E-state index in [9.17, 15) is 9.59 Å². The Hall–Kier alpha value is -1.77. The van der Waals surface area contributed by atoms with Crippen molar-refractivity contribution in [2.24, 2.45) is 5.92 Å². The third-order valence-electron chi connectivity index (χ3n) is 2.18. The van der Waals surface area contributed by atoms with Crippen LogP contribution in [0.3, 0.4) is 0 Å². The molecule has 0 aliphatic heterocycles. The van der Waals surface area contributed by atoms with Crippen molar-refractivity contribution in [3.63, 3.8) is 0 Å². The van der Waals surface area contributed by atoms with Gasteiger partial charge in [0.25, 0.3) is 0 Å². The molecule has 0 bridgehead atoms. The molecule has 2 amide bonds. The molecular weight excluding hydrogens is 222 g/mol. The molecule has 1 N–H and O–H groups in total. The van der Waals surface area contributed by atoms with Gasteiger partial charge in [0.2, 0.25) is 0 Å². The van der Waals surface area contributed by atoms with Gasteiger partial charge in [-0.1, -0.05) is 6.92 Å². The van der Waals surface area contributed by atoms with E-state index >= 15 is 0 Å². The first kappa shape index (κ1) is 15.2. The van der Waals surface area contributed by atoms with E-state index in [-0.39, 0.29) is 18.5 Å². The molecule has 6 heteroatoms. The Morgan fingerprint density at radius 1 is 1.47 bits per heavy atom. The number of nitriles is 1. The summed E-state index contributed by atoms with van der Waals surface area (Å²) >= 11 is 0. The molecular formula is C11H19N3O3. The summed E-state index contributed by atoms with van der Waals surface area (Å²) in [6.45, 7) is 3.98. The molecule has 0 aliphatic carbocycles. The average molecular weight is 241 g/mol. The van der Waals surface area contributed by atoms with Gasteiger partial charge in [0, 0.05) is 20.1 Å². The standard InChI is InChI=1S/C11H19N3O3/c1-4-5-14(8-10(15)16)11(17)13(3)7-9(2)6-12/h9H,4-5,7-8H2,1-3H3,(H,15,16). The predicted molar refractivity (Wildman–Crippen MR) is 62.3 cm³/mol. The van der Waals surface area contributed by atoms with E-state index in [2.05, 4.69) is 0 Å². The van der Waals surface area contributed by atoms with Crippen LogP contribution >= 0.6 is 0 Å². The van der Waals surface area contributed by atoms with Gasteiger partial charge in [-0.15, -0.1) is 0 Å². The third-order valence-corrected chi connectivity index (χ3v) is 2.18. The smallest absolute Gasteiger partial charge is 0.323 e. The number of carboxylic acids is 1. The maximum absolute atomic E-state index is 11.9. The van der Waals surface area contributed by atoms with Crippen LogP contribution in [0.2, 0.25) is 0 Å². The lowest BCUT2D eigenvalue weighted by molar-refractivity contribution is -0.137. The lowest BCUT2D eigenvalue weighted by atomic mass is 10.2. The Balaban J connectivity index is 4.49. The highest BCUT2D eigenvalue weighted by Crippen LogP contribution is 2.02.